The molecular formula is C27H34ClN5O4. The lowest BCUT2D eigenvalue weighted by molar-refractivity contribution is 0.103. The zero-order valence-corrected chi connectivity index (χ0v) is 21.4. The minimum absolute atomic E-state index is 0. The largest absolute Gasteiger partial charge is 0.491 e. The number of benzene rings is 3. The van der Waals surface area contributed by atoms with Crippen LogP contribution in [0.2, 0.25) is 0 Å². The van der Waals surface area contributed by atoms with Gasteiger partial charge in [-0.25, -0.2) is 9.59 Å². The Morgan fingerprint density at radius 3 is 1.78 bits per heavy atom. The first-order chi connectivity index (χ1) is 17.3. The molecule has 0 fully saturated rings. The number of nitrogens with two attached hydrogens (primary N) is 2. The summed E-state index contributed by atoms with van der Waals surface area (Å²) in [5.41, 5.74) is 13.7. The fourth-order valence-electron chi connectivity index (χ4n) is 3.89. The van der Waals surface area contributed by atoms with Crippen molar-refractivity contribution >= 4 is 35.8 Å². The second-order valence-electron chi connectivity index (χ2n) is 8.60. The molecule has 0 saturated heterocycles. The Bertz CT molecular complexity index is 1050. The van der Waals surface area contributed by atoms with E-state index in [-0.39, 0.29) is 31.0 Å². The van der Waals surface area contributed by atoms with Gasteiger partial charge in [0, 0.05) is 29.9 Å². The molecule has 0 aromatic heterocycles. The number of ether oxygens (including phenoxy) is 1. The summed E-state index contributed by atoms with van der Waals surface area (Å²) in [6, 6.07) is 23.2. The maximum absolute atomic E-state index is 11.2. The van der Waals surface area contributed by atoms with Crippen LogP contribution in [0.4, 0.5) is 21.0 Å². The van der Waals surface area contributed by atoms with Crippen molar-refractivity contribution < 1.29 is 19.4 Å². The van der Waals surface area contributed by atoms with Crippen LogP contribution in [0, 0.1) is 0 Å². The van der Waals surface area contributed by atoms with Crippen LogP contribution in [0.1, 0.15) is 30.4 Å². The summed E-state index contributed by atoms with van der Waals surface area (Å²) in [6.07, 6.45) is 0.0710. The van der Waals surface area contributed by atoms with Crippen molar-refractivity contribution in [3.05, 3.63) is 90.0 Å². The van der Waals surface area contributed by atoms with Crippen molar-refractivity contribution in [3.63, 3.8) is 0 Å². The first-order valence-corrected chi connectivity index (χ1v) is 11.7. The SMILES string of the molecule is C[C@@H](CC(c1ccc(NC(N)=O)cc1)c1ccc(NC(N)=O)cc1)NC[C@H](O)COc1ccccc1.Cl. The number of halogens is 1. The average molecular weight is 528 g/mol. The second-order valence-corrected chi connectivity index (χ2v) is 8.60. The second kappa shape index (κ2) is 14.7. The summed E-state index contributed by atoms with van der Waals surface area (Å²) in [5.74, 6) is 0.726. The third kappa shape index (κ3) is 10.0. The van der Waals surface area contributed by atoms with Gasteiger partial charge in [-0.15, -0.1) is 12.4 Å². The Morgan fingerprint density at radius 1 is 0.838 bits per heavy atom. The van der Waals surface area contributed by atoms with Gasteiger partial charge in [0.15, 0.2) is 0 Å². The van der Waals surface area contributed by atoms with E-state index in [0.29, 0.717) is 23.7 Å². The molecule has 0 saturated carbocycles. The zero-order chi connectivity index (χ0) is 25.9. The molecule has 10 heteroatoms. The lowest BCUT2D eigenvalue weighted by Gasteiger charge is -2.24. The monoisotopic (exact) mass is 527 g/mol. The molecular weight excluding hydrogens is 494 g/mol. The molecule has 37 heavy (non-hydrogen) atoms. The number of rotatable bonds is 12. The minimum Gasteiger partial charge on any atom is -0.491 e. The number of amides is 4. The van der Waals surface area contributed by atoms with Crippen molar-refractivity contribution in [3.8, 4) is 5.75 Å². The van der Waals surface area contributed by atoms with E-state index < -0.39 is 18.2 Å². The van der Waals surface area contributed by atoms with Gasteiger partial charge in [-0.3, -0.25) is 0 Å². The molecule has 0 aliphatic rings. The van der Waals surface area contributed by atoms with Crippen LogP contribution in [0.5, 0.6) is 5.75 Å². The maximum Gasteiger partial charge on any atom is 0.316 e. The number of carbonyl (C=O) groups is 2. The molecule has 0 heterocycles. The number of hydrogen-bond acceptors (Lipinski definition) is 5. The highest BCUT2D eigenvalue weighted by molar-refractivity contribution is 5.88. The fourth-order valence-corrected chi connectivity index (χ4v) is 3.89. The Balaban J connectivity index is 0.00000481. The molecule has 8 N–H and O–H groups in total. The number of hydrogen-bond donors (Lipinski definition) is 6. The summed E-state index contributed by atoms with van der Waals surface area (Å²) in [4.78, 5) is 22.3. The number of nitrogens with one attached hydrogen (secondary N) is 3. The predicted octanol–water partition coefficient (Wildman–Crippen LogP) is 4.03. The molecule has 0 aliphatic heterocycles. The standard InChI is InChI=1S/C27H33N5O4.ClH/c1-18(30-16-23(33)17-36-24-5-3-2-4-6-24)15-25(19-7-11-21(12-8-19)31-26(28)34)20-9-13-22(14-10-20)32-27(29)35;/h2-14,18,23,25,30,33H,15-17H2,1H3,(H3,28,31,34)(H3,29,32,35);1H/t18-,23-;/m0./s1. The van der Waals surface area contributed by atoms with Gasteiger partial charge < -0.3 is 37.3 Å². The van der Waals surface area contributed by atoms with E-state index in [0.717, 1.165) is 17.5 Å². The van der Waals surface area contributed by atoms with Crippen LogP contribution in [-0.4, -0.2) is 42.5 Å². The Labute approximate surface area is 223 Å². The number of para-hydroxylation sites is 1. The van der Waals surface area contributed by atoms with Gasteiger partial charge >= 0.3 is 12.1 Å². The number of carbonyl (C=O) groups excluding carboxylic acids is 2. The quantitative estimate of drug-likeness (QED) is 0.210. The number of urea groups is 2. The van der Waals surface area contributed by atoms with Gasteiger partial charge in [0.25, 0.3) is 0 Å². The zero-order valence-electron chi connectivity index (χ0n) is 20.6. The minimum atomic E-state index is -0.663. The van der Waals surface area contributed by atoms with Crippen molar-refractivity contribution in [1.82, 2.24) is 5.32 Å². The number of aliphatic hydroxyl groups excluding tert-OH is 1. The predicted molar refractivity (Wildman–Crippen MR) is 148 cm³/mol. The molecule has 198 valence electrons. The van der Waals surface area contributed by atoms with Gasteiger partial charge in [0.2, 0.25) is 0 Å². The smallest absolute Gasteiger partial charge is 0.316 e. The molecule has 4 amide bonds. The van der Waals surface area contributed by atoms with E-state index in [1.807, 2.05) is 54.6 Å². The van der Waals surface area contributed by atoms with Gasteiger partial charge in [-0.2, -0.15) is 0 Å². The highest BCUT2D eigenvalue weighted by atomic mass is 35.5. The molecule has 0 bridgehead atoms. The number of aliphatic hydroxyl groups is 1. The Morgan fingerprint density at radius 2 is 1.32 bits per heavy atom. The van der Waals surface area contributed by atoms with Crippen LogP contribution >= 0.6 is 12.4 Å². The number of primary amides is 2. The molecule has 3 aromatic rings. The highest BCUT2D eigenvalue weighted by Gasteiger charge is 2.19. The third-order valence-electron chi connectivity index (χ3n) is 5.64. The maximum atomic E-state index is 11.2. The van der Waals surface area contributed by atoms with Crippen molar-refractivity contribution in [2.45, 2.75) is 31.4 Å². The normalized spacial score (nSPS) is 12.2. The summed E-state index contributed by atoms with van der Waals surface area (Å²) >= 11 is 0. The van der Waals surface area contributed by atoms with E-state index >= 15 is 0 Å². The van der Waals surface area contributed by atoms with E-state index in [1.165, 1.54) is 0 Å². The number of anilines is 2. The molecule has 0 unspecified atom stereocenters. The van der Waals surface area contributed by atoms with Gasteiger partial charge in [0.05, 0.1) is 0 Å². The highest BCUT2D eigenvalue weighted by Crippen LogP contribution is 2.31. The Kier molecular flexibility index (Phi) is 11.7. The molecule has 9 nitrogen and oxygen atoms in total. The lowest BCUT2D eigenvalue weighted by atomic mass is 9.86. The van der Waals surface area contributed by atoms with E-state index in [4.69, 9.17) is 16.2 Å². The first kappa shape index (κ1) is 29.4. The summed E-state index contributed by atoms with van der Waals surface area (Å²) < 4.78 is 5.63. The van der Waals surface area contributed by atoms with Gasteiger partial charge in [-0.1, -0.05) is 42.5 Å². The molecule has 3 rings (SSSR count). The first-order valence-electron chi connectivity index (χ1n) is 11.7. The van der Waals surface area contributed by atoms with E-state index in [2.05, 4.69) is 22.9 Å². The van der Waals surface area contributed by atoms with Gasteiger partial charge in [0.1, 0.15) is 18.5 Å². The van der Waals surface area contributed by atoms with Crippen LogP contribution < -0.4 is 32.2 Å². The molecule has 2 atom stereocenters. The molecule has 0 radical (unpaired) electrons. The summed E-state index contributed by atoms with van der Waals surface area (Å²) in [6.45, 7) is 2.63. The van der Waals surface area contributed by atoms with Crippen molar-refractivity contribution in [2.24, 2.45) is 11.5 Å². The van der Waals surface area contributed by atoms with Crippen LogP contribution in [0.3, 0.4) is 0 Å². The van der Waals surface area contributed by atoms with Crippen molar-refractivity contribution in [1.29, 1.82) is 0 Å². The van der Waals surface area contributed by atoms with E-state index in [1.54, 1.807) is 24.3 Å². The summed E-state index contributed by atoms with van der Waals surface area (Å²) in [7, 11) is 0. The molecule has 3 aromatic carbocycles. The average Bonchev–Trinajstić information content (AvgIpc) is 2.86. The van der Waals surface area contributed by atoms with Crippen LogP contribution in [-0.2, 0) is 0 Å². The Hall–Kier alpha value is -3.79. The van der Waals surface area contributed by atoms with Crippen molar-refractivity contribution in [2.75, 3.05) is 23.8 Å². The molecule has 0 aliphatic carbocycles. The lowest BCUT2D eigenvalue weighted by Crippen LogP contribution is -2.37. The third-order valence-corrected chi connectivity index (χ3v) is 5.64. The van der Waals surface area contributed by atoms with E-state index in [9.17, 15) is 14.7 Å². The summed E-state index contributed by atoms with van der Waals surface area (Å²) in [5, 5.41) is 18.9. The van der Waals surface area contributed by atoms with Crippen LogP contribution in [0.15, 0.2) is 78.9 Å². The topological polar surface area (TPSA) is 152 Å². The van der Waals surface area contributed by atoms with Gasteiger partial charge in [-0.05, 0) is 60.9 Å². The molecule has 0 spiro atoms. The van der Waals surface area contributed by atoms with Crippen LogP contribution in [0.25, 0.3) is 0 Å². The fraction of sp³-hybridized carbons (Fsp3) is 0.259.